The van der Waals surface area contributed by atoms with Crippen molar-refractivity contribution in [2.45, 2.75) is 19.9 Å². The first-order valence-electron chi connectivity index (χ1n) is 8.34. The van der Waals surface area contributed by atoms with E-state index in [1.54, 1.807) is 6.92 Å². The van der Waals surface area contributed by atoms with E-state index in [9.17, 15) is 18.4 Å². The molecule has 0 bridgehead atoms. The molecule has 3 rings (SSSR count). The fraction of sp³-hybridized carbons (Fsp3) is 0.353. The first-order valence-corrected chi connectivity index (χ1v) is 9.16. The van der Waals surface area contributed by atoms with Gasteiger partial charge in [-0.25, -0.2) is 18.6 Å². The van der Waals surface area contributed by atoms with Crippen LogP contribution in [0.4, 0.5) is 24.4 Å². The van der Waals surface area contributed by atoms with Crippen LogP contribution in [0.15, 0.2) is 18.2 Å². The number of halogens is 2. The van der Waals surface area contributed by atoms with E-state index in [0.717, 1.165) is 22.7 Å². The van der Waals surface area contributed by atoms with E-state index in [-0.39, 0.29) is 18.8 Å². The molecule has 10 heteroatoms. The van der Waals surface area contributed by atoms with Crippen LogP contribution < -0.4 is 10.6 Å². The molecule has 2 amide bonds. The minimum atomic E-state index is -0.818. The number of thiazole rings is 1. The van der Waals surface area contributed by atoms with Crippen molar-refractivity contribution in [3.63, 3.8) is 0 Å². The number of fused-ring (bicyclic) bond motifs is 1. The number of rotatable bonds is 5. The van der Waals surface area contributed by atoms with E-state index >= 15 is 0 Å². The molecule has 0 radical (unpaired) electrons. The molecule has 0 unspecified atom stereocenters. The Morgan fingerprint density at radius 2 is 2.15 bits per heavy atom. The Hall–Kier alpha value is -2.59. The molecule has 2 N–H and O–H groups in total. The third-order valence-electron chi connectivity index (χ3n) is 3.87. The van der Waals surface area contributed by atoms with Crippen molar-refractivity contribution in [3.05, 3.63) is 40.4 Å². The Bertz CT molecular complexity index is 859. The zero-order valence-electron chi connectivity index (χ0n) is 14.6. The SMILES string of the molecule is CCOC(=O)Nc1nc2c(s1)CN(CC(=O)Nc1ccc(F)cc1F)CC2. The second-order valence-corrected chi connectivity index (χ2v) is 6.95. The van der Waals surface area contributed by atoms with Crippen molar-refractivity contribution < 1.29 is 23.1 Å². The third kappa shape index (κ3) is 4.98. The highest BCUT2D eigenvalue weighted by Gasteiger charge is 2.23. The van der Waals surface area contributed by atoms with Crippen LogP contribution in [0, 0.1) is 11.6 Å². The number of carbonyl (C=O) groups excluding carboxylic acids is 2. The molecule has 2 aromatic rings. The summed E-state index contributed by atoms with van der Waals surface area (Å²) < 4.78 is 31.4. The second kappa shape index (κ2) is 8.40. The minimum absolute atomic E-state index is 0.0576. The lowest BCUT2D eigenvalue weighted by atomic mass is 10.2. The van der Waals surface area contributed by atoms with E-state index in [4.69, 9.17) is 4.74 Å². The molecule has 0 fully saturated rings. The summed E-state index contributed by atoms with van der Waals surface area (Å²) in [5.74, 6) is -1.91. The van der Waals surface area contributed by atoms with Gasteiger partial charge >= 0.3 is 6.09 Å². The quantitative estimate of drug-likeness (QED) is 0.812. The number of hydrogen-bond donors (Lipinski definition) is 2. The van der Waals surface area contributed by atoms with Crippen molar-refractivity contribution in [1.82, 2.24) is 9.88 Å². The van der Waals surface area contributed by atoms with Gasteiger partial charge in [-0.15, -0.1) is 0 Å². The summed E-state index contributed by atoms with van der Waals surface area (Å²) in [6.45, 7) is 3.15. The zero-order chi connectivity index (χ0) is 19.4. The maximum Gasteiger partial charge on any atom is 0.413 e. The molecule has 0 saturated carbocycles. The van der Waals surface area contributed by atoms with Crippen LogP contribution in [0.25, 0.3) is 0 Å². The molecule has 0 atom stereocenters. The number of nitrogens with zero attached hydrogens (tertiary/aromatic N) is 2. The lowest BCUT2D eigenvalue weighted by Crippen LogP contribution is -2.36. The summed E-state index contributed by atoms with van der Waals surface area (Å²) in [4.78, 5) is 30.8. The molecular formula is C17H18F2N4O3S. The number of ether oxygens (including phenoxy) is 1. The minimum Gasteiger partial charge on any atom is -0.450 e. The predicted octanol–water partition coefficient (Wildman–Crippen LogP) is 2.99. The van der Waals surface area contributed by atoms with Crippen molar-refractivity contribution in [2.75, 3.05) is 30.3 Å². The van der Waals surface area contributed by atoms with Gasteiger partial charge in [-0.1, -0.05) is 11.3 Å². The van der Waals surface area contributed by atoms with Gasteiger partial charge in [-0.2, -0.15) is 0 Å². The number of nitrogens with one attached hydrogen (secondary N) is 2. The fourth-order valence-corrected chi connectivity index (χ4v) is 3.71. The van der Waals surface area contributed by atoms with E-state index in [2.05, 4.69) is 15.6 Å². The first kappa shape index (κ1) is 19.2. The number of hydrogen-bond acceptors (Lipinski definition) is 6. The summed E-state index contributed by atoms with van der Waals surface area (Å²) in [5.41, 5.74) is 0.825. The molecule has 1 aromatic carbocycles. The van der Waals surface area contributed by atoms with E-state index in [1.165, 1.54) is 17.4 Å². The van der Waals surface area contributed by atoms with Gasteiger partial charge in [0, 0.05) is 30.5 Å². The maximum absolute atomic E-state index is 13.6. The standard InChI is InChI=1S/C17H18F2N4O3S/c1-2-26-17(25)22-16-21-13-5-6-23(8-14(13)27-16)9-15(24)20-12-4-3-10(18)7-11(12)19/h3-4,7H,2,5-6,8-9H2,1H3,(H,20,24)(H,21,22,25). The monoisotopic (exact) mass is 396 g/mol. The number of amides is 2. The summed E-state index contributed by atoms with van der Waals surface area (Å²) >= 11 is 1.33. The van der Waals surface area contributed by atoms with Crippen LogP contribution in [0.5, 0.6) is 0 Å². The average molecular weight is 396 g/mol. The lowest BCUT2D eigenvalue weighted by Gasteiger charge is -2.25. The van der Waals surface area contributed by atoms with Crippen LogP contribution in [-0.4, -0.2) is 41.6 Å². The smallest absolute Gasteiger partial charge is 0.413 e. The van der Waals surface area contributed by atoms with Gasteiger partial charge in [0.2, 0.25) is 5.91 Å². The van der Waals surface area contributed by atoms with Crippen LogP contribution in [-0.2, 0) is 22.5 Å². The van der Waals surface area contributed by atoms with Gasteiger partial charge < -0.3 is 10.1 Å². The van der Waals surface area contributed by atoms with E-state index in [1.807, 2.05) is 4.90 Å². The lowest BCUT2D eigenvalue weighted by molar-refractivity contribution is -0.117. The van der Waals surface area contributed by atoms with Gasteiger partial charge in [-0.05, 0) is 19.1 Å². The highest BCUT2D eigenvalue weighted by molar-refractivity contribution is 7.15. The van der Waals surface area contributed by atoms with Gasteiger partial charge in [0.15, 0.2) is 5.13 Å². The molecule has 2 heterocycles. The van der Waals surface area contributed by atoms with Crippen molar-refractivity contribution in [3.8, 4) is 0 Å². The number of anilines is 2. The van der Waals surface area contributed by atoms with Crippen molar-refractivity contribution in [1.29, 1.82) is 0 Å². The topological polar surface area (TPSA) is 83.6 Å². The van der Waals surface area contributed by atoms with Crippen molar-refractivity contribution in [2.24, 2.45) is 0 Å². The summed E-state index contributed by atoms with van der Waals surface area (Å²) in [7, 11) is 0. The van der Waals surface area contributed by atoms with Crippen LogP contribution in [0.2, 0.25) is 0 Å². The van der Waals surface area contributed by atoms with Gasteiger partial charge in [0.05, 0.1) is 24.5 Å². The second-order valence-electron chi connectivity index (χ2n) is 5.87. The Balaban J connectivity index is 1.56. The Morgan fingerprint density at radius 3 is 2.89 bits per heavy atom. The molecule has 0 aliphatic carbocycles. The molecule has 144 valence electrons. The number of aromatic nitrogens is 1. The van der Waals surface area contributed by atoms with E-state index in [0.29, 0.717) is 24.6 Å². The number of carbonyl (C=O) groups is 2. The molecule has 0 spiro atoms. The predicted molar refractivity (Wildman–Crippen MR) is 96.7 cm³/mol. The van der Waals surface area contributed by atoms with Crippen LogP contribution in [0.3, 0.4) is 0 Å². The molecule has 1 aliphatic heterocycles. The largest absolute Gasteiger partial charge is 0.450 e. The molecular weight excluding hydrogens is 378 g/mol. The van der Waals surface area contributed by atoms with E-state index < -0.39 is 23.6 Å². The third-order valence-corrected chi connectivity index (χ3v) is 4.86. The molecule has 1 aliphatic rings. The summed E-state index contributed by atoms with van der Waals surface area (Å²) in [6, 6.07) is 2.99. The van der Waals surface area contributed by atoms with Crippen LogP contribution in [0.1, 0.15) is 17.5 Å². The molecule has 27 heavy (non-hydrogen) atoms. The zero-order valence-corrected chi connectivity index (χ0v) is 15.4. The Kier molecular flexibility index (Phi) is 5.97. The maximum atomic E-state index is 13.6. The van der Waals surface area contributed by atoms with Gasteiger partial charge in [0.25, 0.3) is 0 Å². The van der Waals surface area contributed by atoms with Crippen molar-refractivity contribution >= 4 is 34.2 Å². The molecule has 0 saturated heterocycles. The van der Waals surface area contributed by atoms with Crippen LogP contribution >= 0.6 is 11.3 Å². The van der Waals surface area contributed by atoms with Gasteiger partial charge in [0.1, 0.15) is 11.6 Å². The summed E-state index contributed by atoms with van der Waals surface area (Å²) in [6.07, 6.45) is 0.0790. The first-order chi connectivity index (χ1) is 12.9. The van der Waals surface area contributed by atoms with Gasteiger partial charge in [-0.3, -0.25) is 15.0 Å². The molecule has 7 nitrogen and oxygen atoms in total. The normalized spacial score (nSPS) is 13.7. The highest BCUT2D eigenvalue weighted by atomic mass is 32.1. The average Bonchev–Trinajstić information content (AvgIpc) is 2.99. The Labute approximate surface area is 158 Å². The fourth-order valence-electron chi connectivity index (χ4n) is 2.67. The molecule has 1 aromatic heterocycles. The highest BCUT2D eigenvalue weighted by Crippen LogP contribution is 2.28. The number of benzene rings is 1. The summed E-state index contributed by atoms with van der Waals surface area (Å²) in [5, 5.41) is 5.48. The Morgan fingerprint density at radius 1 is 1.33 bits per heavy atom.